The number of rotatable bonds is 10. The minimum absolute atomic E-state index is 0.0634. The van der Waals surface area contributed by atoms with Crippen molar-refractivity contribution >= 4 is 22.5 Å². The van der Waals surface area contributed by atoms with Crippen LogP contribution in [0.2, 0.25) is 0 Å². The molecule has 2 aromatic carbocycles. The summed E-state index contributed by atoms with van der Waals surface area (Å²) in [5.41, 5.74) is 6.25. The topological polar surface area (TPSA) is 82.3 Å². The first-order chi connectivity index (χ1) is 21.5. The van der Waals surface area contributed by atoms with Crippen LogP contribution in [0.3, 0.4) is 0 Å². The number of aromatic nitrogens is 5. The number of hydrogen-bond donors (Lipinski definition) is 0. The van der Waals surface area contributed by atoms with Crippen molar-refractivity contribution in [3.63, 3.8) is 0 Å². The highest BCUT2D eigenvalue weighted by Gasteiger charge is 2.51. The second-order valence-electron chi connectivity index (χ2n) is 12.5. The highest BCUT2D eigenvalue weighted by molar-refractivity contribution is 5.93. The van der Waals surface area contributed by atoms with E-state index < -0.39 is 0 Å². The van der Waals surface area contributed by atoms with Crippen LogP contribution >= 0.6 is 0 Å². The van der Waals surface area contributed by atoms with Crippen LogP contribution in [-0.4, -0.2) is 36.7 Å². The number of benzene rings is 2. The number of hydrogen-bond acceptors (Lipinski definition) is 6. The molecule has 0 aliphatic heterocycles. The number of nitrogens with zero attached hydrogens (tertiary/aromatic N) is 5. The van der Waals surface area contributed by atoms with E-state index in [4.69, 9.17) is 9.72 Å². The van der Waals surface area contributed by atoms with Gasteiger partial charge in [-0.15, -0.1) is 0 Å². The molecule has 2 fully saturated rings. The van der Waals surface area contributed by atoms with Gasteiger partial charge in [0.15, 0.2) is 0 Å². The average molecular weight is 580 g/mol. The Morgan fingerprint density at radius 2 is 1.64 bits per heavy atom. The van der Waals surface area contributed by atoms with Gasteiger partial charge in [0.25, 0.3) is 0 Å². The van der Waals surface area contributed by atoms with Crippen LogP contribution in [0.25, 0.3) is 27.8 Å². The molecule has 0 saturated heterocycles. The third-order valence-electron chi connectivity index (χ3n) is 9.50. The van der Waals surface area contributed by atoms with E-state index in [-0.39, 0.29) is 16.7 Å². The predicted octanol–water partition coefficient (Wildman–Crippen LogP) is 7.13. The highest BCUT2D eigenvalue weighted by Crippen LogP contribution is 2.54. The van der Waals surface area contributed by atoms with E-state index in [0.717, 1.165) is 53.3 Å². The number of carbonyl (C=O) groups is 1. The lowest BCUT2D eigenvalue weighted by molar-refractivity contribution is -0.122. The van der Waals surface area contributed by atoms with Crippen LogP contribution < -0.4 is 4.74 Å². The van der Waals surface area contributed by atoms with Crippen molar-refractivity contribution < 1.29 is 9.53 Å². The maximum atomic E-state index is 13.5. The number of imidazole rings is 1. The Morgan fingerprint density at radius 1 is 0.841 bits per heavy atom. The van der Waals surface area contributed by atoms with Gasteiger partial charge < -0.3 is 4.74 Å². The molecule has 44 heavy (non-hydrogen) atoms. The quantitative estimate of drug-likeness (QED) is 0.172. The standard InChI is InChI=1S/C37H33N5O2/c1-25(24-44-34-6-2-3-17-39-34)19-33(43)37(15-16-37)29-9-7-26(8-10-29)28-21-40-35-41-22-32(42(35)23-28)36(13-14-36)30-11-12-31-27(20-30)5-4-18-38-31/h2-12,17-18,20-23,25H,13-16,19,24H2,1H3. The van der Waals surface area contributed by atoms with Gasteiger partial charge in [0.2, 0.25) is 11.7 Å². The lowest BCUT2D eigenvalue weighted by Gasteiger charge is -2.18. The summed E-state index contributed by atoms with van der Waals surface area (Å²) in [7, 11) is 0. The van der Waals surface area contributed by atoms with E-state index in [9.17, 15) is 4.79 Å². The summed E-state index contributed by atoms with van der Waals surface area (Å²) >= 11 is 0. The van der Waals surface area contributed by atoms with Crippen molar-refractivity contribution in [3.8, 4) is 17.0 Å². The third-order valence-corrected chi connectivity index (χ3v) is 9.50. The van der Waals surface area contributed by atoms with Gasteiger partial charge in [-0.05, 0) is 72.6 Å². The van der Waals surface area contributed by atoms with E-state index in [1.807, 2.05) is 42.9 Å². The number of ketones is 1. The molecule has 2 aliphatic rings. The van der Waals surface area contributed by atoms with Crippen LogP contribution in [0.5, 0.6) is 5.88 Å². The van der Waals surface area contributed by atoms with Crippen LogP contribution in [0, 0.1) is 5.92 Å². The normalized spacial score (nSPS) is 16.9. The second kappa shape index (κ2) is 10.4. The minimum atomic E-state index is -0.370. The Bertz CT molecular complexity index is 1990. The molecule has 218 valence electrons. The fraction of sp³-hybridized carbons (Fsp3) is 0.270. The van der Waals surface area contributed by atoms with Crippen LogP contribution in [0.1, 0.15) is 55.8 Å². The Labute approximate surface area is 256 Å². The van der Waals surface area contributed by atoms with Gasteiger partial charge in [-0.1, -0.05) is 49.4 Å². The van der Waals surface area contributed by atoms with Crippen LogP contribution in [0.15, 0.2) is 104 Å². The van der Waals surface area contributed by atoms with Crippen molar-refractivity contribution in [2.45, 2.75) is 49.9 Å². The molecule has 1 unspecified atom stereocenters. The minimum Gasteiger partial charge on any atom is -0.477 e. The molecule has 7 heteroatoms. The summed E-state index contributed by atoms with van der Waals surface area (Å²) in [6, 6.07) is 24.8. The summed E-state index contributed by atoms with van der Waals surface area (Å²) in [6.45, 7) is 2.54. The van der Waals surface area contributed by atoms with Gasteiger partial charge in [0, 0.05) is 53.6 Å². The Morgan fingerprint density at radius 3 is 2.41 bits per heavy atom. The maximum Gasteiger partial charge on any atom is 0.233 e. The summed E-state index contributed by atoms with van der Waals surface area (Å²) in [4.78, 5) is 31.5. The first-order valence-corrected chi connectivity index (χ1v) is 15.4. The van der Waals surface area contributed by atoms with E-state index >= 15 is 0 Å². The monoisotopic (exact) mass is 579 g/mol. The number of Topliss-reactive ketones (excluding diaryl/α,β-unsaturated/α-hetero) is 1. The molecule has 0 radical (unpaired) electrons. The summed E-state index contributed by atoms with van der Waals surface area (Å²) in [5.74, 6) is 1.72. The van der Waals surface area contributed by atoms with Crippen molar-refractivity contribution in [3.05, 3.63) is 121 Å². The van der Waals surface area contributed by atoms with Crippen LogP contribution in [-0.2, 0) is 15.6 Å². The first kappa shape index (κ1) is 26.7. The Kier molecular flexibility index (Phi) is 6.29. The Balaban J connectivity index is 1.01. The zero-order valence-electron chi connectivity index (χ0n) is 24.7. The van der Waals surface area contributed by atoms with E-state index in [2.05, 4.69) is 81.0 Å². The van der Waals surface area contributed by atoms with Gasteiger partial charge in [-0.25, -0.2) is 15.0 Å². The molecule has 0 bridgehead atoms. The fourth-order valence-electron chi connectivity index (χ4n) is 6.63. The molecule has 1 atom stereocenters. The van der Waals surface area contributed by atoms with E-state index in [0.29, 0.717) is 30.5 Å². The molecule has 4 aromatic heterocycles. The SMILES string of the molecule is CC(COc1ccccn1)CC(=O)C1(c2ccc(-c3cnc4ncc(C5(c6ccc7ncccc7c6)CC5)n4c3)cc2)CC1. The van der Waals surface area contributed by atoms with Crippen molar-refractivity contribution in [2.75, 3.05) is 6.61 Å². The largest absolute Gasteiger partial charge is 0.477 e. The zero-order chi connectivity index (χ0) is 29.7. The molecule has 6 aromatic rings. The van der Waals surface area contributed by atoms with Crippen molar-refractivity contribution in [1.82, 2.24) is 24.3 Å². The number of carbonyl (C=O) groups excluding carboxylic acids is 1. The van der Waals surface area contributed by atoms with Gasteiger partial charge in [-0.2, -0.15) is 0 Å². The molecule has 0 N–H and O–H groups in total. The highest BCUT2D eigenvalue weighted by atomic mass is 16.5. The van der Waals surface area contributed by atoms with Gasteiger partial charge in [0.1, 0.15) is 5.78 Å². The van der Waals surface area contributed by atoms with Gasteiger partial charge in [0.05, 0.1) is 29.4 Å². The van der Waals surface area contributed by atoms with Gasteiger partial charge >= 0.3 is 0 Å². The summed E-state index contributed by atoms with van der Waals surface area (Å²) in [6.07, 6.45) is 14.0. The molecule has 7 nitrogen and oxygen atoms in total. The van der Waals surface area contributed by atoms with E-state index in [1.54, 1.807) is 6.20 Å². The number of fused-ring (bicyclic) bond motifs is 2. The van der Waals surface area contributed by atoms with Crippen LogP contribution in [0.4, 0.5) is 0 Å². The fourth-order valence-corrected chi connectivity index (χ4v) is 6.63. The summed E-state index contributed by atoms with van der Waals surface area (Å²) in [5, 5.41) is 1.16. The third kappa shape index (κ3) is 4.64. The van der Waals surface area contributed by atoms with E-state index in [1.165, 1.54) is 11.3 Å². The lowest BCUT2D eigenvalue weighted by Crippen LogP contribution is -2.24. The molecule has 4 heterocycles. The predicted molar refractivity (Wildman–Crippen MR) is 170 cm³/mol. The lowest BCUT2D eigenvalue weighted by atomic mass is 9.86. The van der Waals surface area contributed by atoms with Crippen molar-refractivity contribution in [1.29, 1.82) is 0 Å². The first-order valence-electron chi connectivity index (χ1n) is 15.4. The molecular formula is C37H33N5O2. The molecule has 0 amide bonds. The summed E-state index contributed by atoms with van der Waals surface area (Å²) < 4.78 is 7.95. The molecule has 0 spiro atoms. The average Bonchev–Trinajstić information content (AvgIpc) is 4.01. The molecule has 2 saturated carbocycles. The van der Waals surface area contributed by atoms with Gasteiger partial charge in [-0.3, -0.25) is 14.2 Å². The molecule has 2 aliphatic carbocycles. The molecular weight excluding hydrogens is 546 g/mol. The molecule has 8 rings (SSSR count). The number of pyridine rings is 2. The van der Waals surface area contributed by atoms with Crippen molar-refractivity contribution in [2.24, 2.45) is 5.92 Å². The second-order valence-corrected chi connectivity index (χ2v) is 12.5. The number of ether oxygens (including phenoxy) is 1. The zero-order valence-corrected chi connectivity index (χ0v) is 24.7. The maximum absolute atomic E-state index is 13.5. The Hall–Kier alpha value is -4.91. The smallest absolute Gasteiger partial charge is 0.233 e.